The molecule has 0 aromatic rings. The lowest BCUT2D eigenvalue weighted by Gasteiger charge is -2.20. The van der Waals surface area contributed by atoms with Crippen LogP contribution in [0.1, 0.15) is 65.7 Å². The number of rotatable bonds is 12. The van der Waals surface area contributed by atoms with Gasteiger partial charge >= 0.3 is 0 Å². The molecular formula is C15H32N2O. The predicted molar refractivity (Wildman–Crippen MR) is 78.8 cm³/mol. The SMILES string of the molecule is CCCCCCCNC(=O)CN(CCC)CCC. The lowest BCUT2D eigenvalue weighted by molar-refractivity contribution is -0.122. The molecule has 0 aliphatic heterocycles. The van der Waals surface area contributed by atoms with E-state index in [0.29, 0.717) is 6.54 Å². The third-order valence-corrected chi connectivity index (χ3v) is 3.05. The Morgan fingerprint density at radius 2 is 1.50 bits per heavy atom. The summed E-state index contributed by atoms with van der Waals surface area (Å²) < 4.78 is 0. The number of carbonyl (C=O) groups excluding carboxylic acids is 1. The second-order valence-electron chi connectivity index (χ2n) is 5.04. The summed E-state index contributed by atoms with van der Waals surface area (Å²) in [6, 6.07) is 0. The highest BCUT2D eigenvalue weighted by Gasteiger charge is 2.08. The summed E-state index contributed by atoms with van der Waals surface area (Å²) in [4.78, 5) is 14.0. The molecule has 3 heteroatoms. The van der Waals surface area contributed by atoms with E-state index in [4.69, 9.17) is 0 Å². The van der Waals surface area contributed by atoms with Crippen LogP contribution in [0.15, 0.2) is 0 Å². The van der Waals surface area contributed by atoms with Crippen LogP contribution in [0.3, 0.4) is 0 Å². The summed E-state index contributed by atoms with van der Waals surface area (Å²) in [6.07, 6.45) is 8.47. The Morgan fingerprint density at radius 1 is 0.889 bits per heavy atom. The van der Waals surface area contributed by atoms with Gasteiger partial charge in [0.15, 0.2) is 0 Å². The standard InChI is InChI=1S/C15H32N2O/c1-4-7-8-9-10-11-16-15(18)14-17(12-5-2)13-6-3/h4-14H2,1-3H3,(H,16,18). The number of hydrogen-bond acceptors (Lipinski definition) is 2. The van der Waals surface area contributed by atoms with Crippen LogP contribution in [0, 0.1) is 0 Å². The molecule has 0 rings (SSSR count). The van der Waals surface area contributed by atoms with Gasteiger partial charge in [0.1, 0.15) is 0 Å². The van der Waals surface area contributed by atoms with Crippen molar-refractivity contribution in [2.24, 2.45) is 0 Å². The van der Waals surface area contributed by atoms with Crippen LogP contribution in [-0.4, -0.2) is 37.0 Å². The minimum absolute atomic E-state index is 0.187. The van der Waals surface area contributed by atoms with E-state index in [-0.39, 0.29) is 5.91 Å². The lowest BCUT2D eigenvalue weighted by Crippen LogP contribution is -2.38. The molecule has 0 atom stereocenters. The normalized spacial score (nSPS) is 10.9. The summed E-state index contributed by atoms with van der Waals surface area (Å²) in [7, 11) is 0. The zero-order valence-corrected chi connectivity index (χ0v) is 12.6. The third kappa shape index (κ3) is 10.6. The molecule has 0 aromatic carbocycles. The zero-order chi connectivity index (χ0) is 13.6. The van der Waals surface area contributed by atoms with Crippen LogP contribution in [0.25, 0.3) is 0 Å². The van der Waals surface area contributed by atoms with Gasteiger partial charge in [0.05, 0.1) is 6.54 Å². The fraction of sp³-hybridized carbons (Fsp3) is 0.933. The summed E-state index contributed by atoms with van der Waals surface area (Å²) in [5, 5.41) is 3.03. The molecule has 0 heterocycles. The first-order chi connectivity index (χ1) is 8.74. The second kappa shape index (κ2) is 12.9. The van der Waals surface area contributed by atoms with Crippen molar-refractivity contribution in [2.45, 2.75) is 65.7 Å². The fourth-order valence-electron chi connectivity index (χ4n) is 2.12. The van der Waals surface area contributed by atoms with Gasteiger partial charge in [-0.15, -0.1) is 0 Å². The van der Waals surface area contributed by atoms with Crippen LogP contribution < -0.4 is 5.32 Å². The minimum Gasteiger partial charge on any atom is -0.355 e. The highest BCUT2D eigenvalue weighted by Crippen LogP contribution is 2.01. The van der Waals surface area contributed by atoms with Gasteiger partial charge in [-0.05, 0) is 32.4 Å². The Kier molecular flexibility index (Phi) is 12.5. The number of carbonyl (C=O) groups is 1. The predicted octanol–water partition coefficient (Wildman–Crippen LogP) is 3.20. The number of hydrogen-bond donors (Lipinski definition) is 1. The number of nitrogens with zero attached hydrogens (tertiary/aromatic N) is 1. The molecule has 0 aliphatic carbocycles. The van der Waals surface area contributed by atoms with Crippen molar-refractivity contribution in [3.8, 4) is 0 Å². The van der Waals surface area contributed by atoms with Crippen LogP contribution in [0.4, 0.5) is 0 Å². The van der Waals surface area contributed by atoms with E-state index in [1.807, 2.05) is 0 Å². The van der Waals surface area contributed by atoms with Crippen LogP contribution >= 0.6 is 0 Å². The molecule has 0 aliphatic rings. The average molecular weight is 256 g/mol. The highest BCUT2D eigenvalue weighted by atomic mass is 16.2. The van der Waals surface area contributed by atoms with Crippen molar-refractivity contribution in [1.82, 2.24) is 10.2 Å². The van der Waals surface area contributed by atoms with E-state index in [1.54, 1.807) is 0 Å². The maximum absolute atomic E-state index is 11.7. The van der Waals surface area contributed by atoms with Gasteiger partial charge < -0.3 is 5.32 Å². The Hall–Kier alpha value is -0.570. The van der Waals surface area contributed by atoms with Gasteiger partial charge in [0.2, 0.25) is 5.91 Å². The molecule has 1 amide bonds. The smallest absolute Gasteiger partial charge is 0.234 e. The molecule has 0 saturated carbocycles. The second-order valence-corrected chi connectivity index (χ2v) is 5.04. The third-order valence-electron chi connectivity index (χ3n) is 3.05. The number of amides is 1. The average Bonchev–Trinajstić information content (AvgIpc) is 2.34. The summed E-state index contributed by atoms with van der Waals surface area (Å²) in [6.45, 7) is 10.0. The van der Waals surface area contributed by atoms with Crippen molar-refractivity contribution in [3.63, 3.8) is 0 Å². The summed E-state index contributed by atoms with van der Waals surface area (Å²) >= 11 is 0. The van der Waals surface area contributed by atoms with Gasteiger partial charge in [-0.25, -0.2) is 0 Å². The van der Waals surface area contributed by atoms with Gasteiger partial charge in [-0.1, -0.05) is 46.5 Å². The Morgan fingerprint density at radius 3 is 2.06 bits per heavy atom. The highest BCUT2D eigenvalue weighted by molar-refractivity contribution is 5.77. The number of nitrogens with one attached hydrogen (secondary N) is 1. The molecule has 0 saturated heterocycles. The molecule has 0 unspecified atom stereocenters. The van der Waals surface area contributed by atoms with E-state index < -0.39 is 0 Å². The molecule has 3 nitrogen and oxygen atoms in total. The van der Waals surface area contributed by atoms with Gasteiger partial charge in [-0.2, -0.15) is 0 Å². The van der Waals surface area contributed by atoms with Crippen molar-refractivity contribution in [1.29, 1.82) is 0 Å². The largest absolute Gasteiger partial charge is 0.355 e. The van der Waals surface area contributed by atoms with Crippen molar-refractivity contribution in [3.05, 3.63) is 0 Å². The van der Waals surface area contributed by atoms with Gasteiger partial charge in [0, 0.05) is 6.54 Å². The maximum Gasteiger partial charge on any atom is 0.234 e. The maximum atomic E-state index is 11.7. The van der Waals surface area contributed by atoms with E-state index in [9.17, 15) is 4.79 Å². The van der Waals surface area contributed by atoms with E-state index in [2.05, 4.69) is 31.0 Å². The summed E-state index contributed by atoms with van der Waals surface area (Å²) in [5.74, 6) is 0.187. The molecular weight excluding hydrogens is 224 g/mol. The molecule has 0 radical (unpaired) electrons. The van der Waals surface area contributed by atoms with Crippen LogP contribution in [0.2, 0.25) is 0 Å². The summed E-state index contributed by atoms with van der Waals surface area (Å²) in [5.41, 5.74) is 0. The minimum atomic E-state index is 0.187. The van der Waals surface area contributed by atoms with Gasteiger partial charge in [-0.3, -0.25) is 9.69 Å². The monoisotopic (exact) mass is 256 g/mol. The van der Waals surface area contributed by atoms with E-state index in [0.717, 1.165) is 38.9 Å². The van der Waals surface area contributed by atoms with Crippen molar-refractivity contribution < 1.29 is 4.79 Å². The number of unbranched alkanes of at least 4 members (excludes halogenated alkanes) is 4. The topological polar surface area (TPSA) is 32.3 Å². The molecule has 1 N–H and O–H groups in total. The van der Waals surface area contributed by atoms with E-state index in [1.165, 1.54) is 25.7 Å². The van der Waals surface area contributed by atoms with Crippen LogP contribution in [0.5, 0.6) is 0 Å². The Balaban J connectivity index is 3.55. The quantitative estimate of drug-likeness (QED) is 0.544. The van der Waals surface area contributed by atoms with E-state index >= 15 is 0 Å². The lowest BCUT2D eigenvalue weighted by atomic mass is 10.1. The molecule has 18 heavy (non-hydrogen) atoms. The molecule has 0 spiro atoms. The van der Waals surface area contributed by atoms with Crippen LogP contribution in [-0.2, 0) is 4.79 Å². The first kappa shape index (κ1) is 17.4. The molecule has 0 aromatic heterocycles. The first-order valence-corrected chi connectivity index (χ1v) is 7.73. The Bertz CT molecular complexity index is 189. The Labute approximate surface area is 113 Å². The molecule has 0 fully saturated rings. The molecule has 108 valence electrons. The van der Waals surface area contributed by atoms with Crippen molar-refractivity contribution >= 4 is 5.91 Å². The molecule has 0 bridgehead atoms. The van der Waals surface area contributed by atoms with Gasteiger partial charge in [0.25, 0.3) is 0 Å². The zero-order valence-electron chi connectivity index (χ0n) is 12.6. The fourth-order valence-corrected chi connectivity index (χ4v) is 2.12. The first-order valence-electron chi connectivity index (χ1n) is 7.73. The van der Waals surface area contributed by atoms with Crippen molar-refractivity contribution in [2.75, 3.05) is 26.2 Å².